The molecule has 1 saturated heterocycles. The lowest BCUT2D eigenvalue weighted by atomic mass is 10.2. The lowest BCUT2D eigenvalue weighted by molar-refractivity contribution is -0.134. The van der Waals surface area contributed by atoms with E-state index in [0.717, 1.165) is 0 Å². The van der Waals surface area contributed by atoms with Crippen molar-refractivity contribution in [3.05, 3.63) is 17.0 Å². The fourth-order valence-corrected chi connectivity index (χ4v) is 3.75. The van der Waals surface area contributed by atoms with Crippen LogP contribution < -0.4 is 0 Å². The zero-order valence-corrected chi connectivity index (χ0v) is 13.3. The number of amides is 1. The van der Waals surface area contributed by atoms with Gasteiger partial charge in [0.2, 0.25) is 5.91 Å². The topological polar surface area (TPSA) is 89.7 Å². The van der Waals surface area contributed by atoms with Crippen LogP contribution in [0.5, 0.6) is 0 Å². The molecule has 2 heterocycles. The third-order valence-electron chi connectivity index (χ3n) is 3.74. The molecular formula is C13H20N2O5S. The molecule has 118 valence electrons. The summed E-state index contributed by atoms with van der Waals surface area (Å²) in [5.74, 6) is -0.127. The Morgan fingerprint density at radius 3 is 2.48 bits per heavy atom. The van der Waals surface area contributed by atoms with Crippen LogP contribution in [0.15, 0.2) is 4.52 Å². The minimum Gasteiger partial charge on any atom is -0.378 e. The molecule has 1 amide bonds. The summed E-state index contributed by atoms with van der Waals surface area (Å²) >= 11 is 0. The second-order valence-electron chi connectivity index (χ2n) is 5.19. The fraction of sp³-hybridized carbons (Fsp3) is 0.692. The molecule has 0 saturated carbocycles. The Kier molecular flexibility index (Phi) is 4.67. The van der Waals surface area contributed by atoms with Crippen molar-refractivity contribution in [2.24, 2.45) is 0 Å². The number of morpholine rings is 1. The molecule has 0 aliphatic carbocycles. The van der Waals surface area contributed by atoms with Gasteiger partial charge in [0.25, 0.3) is 0 Å². The molecule has 1 fully saturated rings. The first-order chi connectivity index (χ1) is 9.83. The van der Waals surface area contributed by atoms with E-state index in [2.05, 4.69) is 5.16 Å². The number of sulfone groups is 1. The highest BCUT2D eigenvalue weighted by atomic mass is 32.2. The van der Waals surface area contributed by atoms with Gasteiger partial charge < -0.3 is 14.2 Å². The summed E-state index contributed by atoms with van der Waals surface area (Å²) < 4.78 is 35.0. The third-order valence-corrected chi connectivity index (χ3v) is 5.71. The van der Waals surface area contributed by atoms with Gasteiger partial charge in [-0.1, -0.05) is 5.16 Å². The quantitative estimate of drug-likeness (QED) is 0.801. The Hall–Kier alpha value is -1.41. The number of aryl methyl sites for hydroxylation is 2. The smallest absolute Gasteiger partial charge is 0.240 e. The molecule has 8 heteroatoms. The maximum atomic E-state index is 12.4. The van der Waals surface area contributed by atoms with E-state index in [1.807, 2.05) is 0 Å². The van der Waals surface area contributed by atoms with Gasteiger partial charge in [0, 0.05) is 18.7 Å². The van der Waals surface area contributed by atoms with E-state index in [9.17, 15) is 13.2 Å². The first kappa shape index (κ1) is 16.0. The van der Waals surface area contributed by atoms with E-state index >= 15 is 0 Å². The molecule has 0 aromatic carbocycles. The fourth-order valence-electron chi connectivity index (χ4n) is 2.23. The number of nitrogens with zero attached hydrogens (tertiary/aromatic N) is 2. The molecule has 1 aliphatic rings. The Morgan fingerprint density at radius 1 is 1.33 bits per heavy atom. The lowest BCUT2D eigenvalue weighted by Gasteiger charge is -2.29. The van der Waals surface area contributed by atoms with E-state index in [1.54, 1.807) is 18.7 Å². The van der Waals surface area contributed by atoms with Crippen molar-refractivity contribution < 1.29 is 22.5 Å². The van der Waals surface area contributed by atoms with E-state index in [1.165, 1.54) is 6.92 Å². The van der Waals surface area contributed by atoms with Crippen LogP contribution in [0.25, 0.3) is 0 Å². The van der Waals surface area contributed by atoms with Crippen LogP contribution in [0.3, 0.4) is 0 Å². The normalized spacial score (nSPS) is 17.8. The molecule has 1 aliphatic heterocycles. The molecule has 1 aromatic heterocycles. The molecule has 21 heavy (non-hydrogen) atoms. The third kappa shape index (κ3) is 3.44. The van der Waals surface area contributed by atoms with E-state index in [-0.39, 0.29) is 11.7 Å². The monoisotopic (exact) mass is 316 g/mol. The van der Waals surface area contributed by atoms with Gasteiger partial charge in [-0.2, -0.15) is 0 Å². The Labute approximate surface area is 124 Å². The predicted octanol–water partition coefficient (Wildman–Crippen LogP) is 0.454. The standard InChI is InChI=1S/C13H20N2O5S/c1-9-12(10(2)20-14-9)8-21(17,18)11(3)13(16)15-4-6-19-7-5-15/h11H,4-8H2,1-3H3/t11-/m0/s1. The molecule has 0 bridgehead atoms. The summed E-state index contributed by atoms with van der Waals surface area (Å²) in [5.41, 5.74) is 1.08. The number of hydrogen-bond donors (Lipinski definition) is 0. The van der Waals surface area contributed by atoms with Crippen molar-refractivity contribution in [3.63, 3.8) is 0 Å². The number of ether oxygens (including phenoxy) is 1. The number of carbonyl (C=O) groups excluding carboxylic acids is 1. The Morgan fingerprint density at radius 2 is 1.95 bits per heavy atom. The second kappa shape index (κ2) is 6.15. The minimum absolute atomic E-state index is 0.231. The van der Waals surface area contributed by atoms with Crippen LogP contribution in [0.4, 0.5) is 0 Å². The van der Waals surface area contributed by atoms with Crippen LogP contribution in [-0.2, 0) is 25.1 Å². The van der Waals surface area contributed by atoms with Gasteiger partial charge >= 0.3 is 0 Å². The number of carbonyl (C=O) groups is 1. The van der Waals surface area contributed by atoms with Crippen molar-refractivity contribution in [1.29, 1.82) is 0 Å². The van der Waals surface area contributed by atoms with E-state index in [0.29, 0.717) is 43.3 Å². The van der Waals surface area contributed by atoms with E-state index in [4.69, 9.17) is 9.26 Å². The SMILES string of the molecule is Cc1noc(C)c1CS(=O)(=O)[C@@H](C)C(=O)N1CCOCC1. The van der Waals surface area contributed by atoms with Crippen molar-refractivity contribution in [2.45, 2.75) is 31.8 Å². The van der Waals surface area contributed by atoms with Gasteiger partial charge in [-0.3, -0.25) is 4.79 Å². The predicted molar refractivity (Wildman–Crippen MR) is 75.5 cm³/mol. The number of hydrogen-bond acceptors (Lipinski definition) is 6. The van der Waals surface area contributed by atoms with Gasteiger partial charge in [0.1, 0.15) is 11.0 Å². The summed E-state index contributed by atoms with van der Waals surface area (Å²) in [5, 5.41) is 2.66. The van der Waals surface area contributed by atoms with Crippen LogP contribution in [0.1, 0.15) is 23.9 Å². The molecule has 7 nitrogen and oxygen atoms in total. The molecular weight excluding hydrogens is 296 g/mol. The number of rotatable bonds is 4. The summed E-state index contributed by atoms with van der Waals surface area (Å²) in [6.07, 6.45) is 0. The summed E-state index contributed by atoms with van der Waals surface area (Å²) in [6, 6.07) is 0. The highest BCUT2D eigenvalue weighted by Gasteiger charge is 2.33. The van der Waals surface area contributed by atoms with Crippen LogP contribution in [-0.4, -0.2) is 55.9 Å². The largest absolute Gasteiger partial charge is 0.378 e. The van der Waals surface area contributed by atoms with Crippen molar-refractivity contribution in [1.82, 2.24) is 10.1 Å². The van der Waals surface area contributed by atoms with Crippen molar-refractivity contribution in [2.75, 3.05) is 26.3 Å². The first-order valence-corrected chi connectivity index (χ1v) is 8.54. The summed E-state index contributed by atoms with van der Waals surface area (Å²) in [6.45, 7) is 6.55. The van der Waals surface area contributed by atoms with Crippen LogP contribution >= 0.6 is 0 Å². The van der Waals surface area contributed by atoms with Crippen molar-refractivity contribution >= 4 is 15.7 Å². The Balaban J connectivity index is 2.13. The average molecular weight is 316 g/mol. The highest BCUT2D eigenvalue weighted by Crippen LogP contribution is 2.19. The highest BCUT2D eigenvalue weighted by molar-refractivity contribution is 7.92. The average Bonchev–Trinajstić information content (AvgIpc) is 2.78. The Bertz CT molecular complexity index is 597. The minimum atomic E-state index is -3.61. The lowest BCUT2D eigenvalue weighted by Crippen LogP contribution is -2.47. The van der Waals surface area contributed by atoms with Crippen LogP contribution in [0, 0.1) is 13.8 Å². The van der Waals surface area contributed by atoms with Gasteiger partial charge in [0.15, 0.2) is 9.84 Å². The van der Waals surface area contributed by atoms with Gasteiger partial charge in [-0.25, -0.2) is 8.42 Å². The summed E-state index contributed by atoms with van der Waals surface area (Å²) in [4.78, 5) is 13.8. The molecule has 1 aromatic rings. The zero-order valence-electron chi connectivity index (χ0n) is 12.5. The maximum Gasteiger partial charge on any atom is 0.240 e. The van der Waals surface area contributed by atoms with Gasteiger partial charge in [-0.05, 0) is 20.8 Å². The molecule has 0 spiro atoms. The molecule has 1 atom stereocenters. The van der Waals surface area contributed by atoms with Crippen molar-refractivity contribution in [3.8, 4) is 0 Å². The molecule has 0 unspecified atom stereocenters. The molecule has 0 N–H and O–H groups in total. The van der Waals surface area contributed by atoms with E-state index < -0.39 is 15.1 Å². The second-order valence-corrected chi connectivity index (χ2v) is 7.51. The number of aromatic nitrogens is 1. The van der Waals surface area contributed by atoms with Gasteiger partial charge in [-0.15, -0.1) is 0 Å². The molecule has 0 radical (unpaired) electrons. The van der Waals surface area contributed by atoms with Crippen LogP contribution in [0.2, 0.25) is 0 Å². The summed E-state index contributed by atoms with van der Waals surface area (Å²) in [7, 11) is -3.61. The van der Waals surface area contributed by atoms with Gasteiger partial charge in [0.05, 0.1) is 24.7 Å². The first-order valence-electron chi connectivity index (χ1n) is 6.83. The maximum absolute atomic E-state index is 12.4. The zero-order chi connectivity index (χ0) is 15.6. The molecule has 2 rings (SSSR count).